The van der Waals surface area contributed by atoms with Gasteiger partial charge in [-0.1, -0.05) is 30.2 Å². The third-order valence-electron chi connectivity index (χ3n) is 4.53. The summed E-state index contributed by atoms with van der Waals surface area (Å²) in [6.45, 7) is 0. The number of hydrogen-bond donors (Lipinski definition) is 1. The van der Waals surface area contributed by atoms with Crippen molar-refractivity contribution in [3.63, 3.8) is 0 Å². The number of imidazole rings is 1. The van der Waals surface area contributed by atoms with E-state index in [0.717, 1.165) is 35.0 Å². The second-order valence-corrected chi connectivity index (χ2v) is 5.69. The van der Waals surface area contributed by atoms with Crippen LogP contribution < -0.4 is 0 Å². The molecule has 1 radical (unpaired) electrons. The number of carbonyl (C=O) groups excluding carboxylic acids is 1. The fourth-order valence-electron chi connectivity index (χ4n) is 3.46. The molecule has 2 heterocycles. The van der Waals surface area contributed by atoms with Crippen LogP contribution in [0.15, 0.2) is 30.6 Å². The van der Waals surface area contributed by atoms with Crippen LogP contribution in [0.5, 0.6) is 0 Å². The summed E-state index contributed by atoms with van der Waals surface area (Å²) < 4.78 is 2.17. The monoisotopic (exact) mass is 382 g/mol. The fraction of sp³-hybridized carbons (Fsp3) is 0.278. The average Bonchev–Trinajstić information content (AvgIpc) is 3.10. The first-order valence-corrected chi connectivity index (χ1v) is 7.26. The summed E-state index contributed by atoms with van der Waals surface area (Å²) in [5.41, 5.74) is 4.15. The number of aryl methyl sites for hydroxylation is 1. The molecule has 0 saturated heterocycles. The van der Waals surface area contributed by atoms with Crippen molar-refractivity contribution in [2.75, 3.05) is 0 Å². The van der Waals surface area contributed by atoms with Gasteiger partial charge in [-0.15, -0.1) is 6.20 Å². The maximum atomic E-state index is 12.9. The van der Waals surface area contributed by atoms with Crippen LogP contribution in [0.2, 0.25) is 0 Å². The van der Waals surface area contributed by atoms with Gasteiger partial charge >= 0.3 is 0 Å². The second-order valence-electron chi connectivity index (χ2n) is 5.69. The van der Waals surface area contributed by atoms with E-state index in [1.165, 1.54) is 5.69 Å². The molecule has 1 aliphatic carbocycles. The third kappa shape index (κ3) is 2.95. The molecule has 23 heavy (non-hydrogen) atoms. The molecule has 2 aromatic heterocycles. The van der Waals surface area contributed by atoms with E-state index in [4.69, 9.17) is 0 Å². The number of nitrogens with zero attached hydrogens (tertiary/aromatic N) is 2. The summed E-state index contributed by atoms with van der Waals surface area (Å²) in [4.78, 5) is 19.9. The van der Waals surface area contributed by atoms with Crippen LogP contribution in [0.25, 0.3) is 10.9 Å². The number of carbonyl (C=O) groups is 1. The number of benzene rings is 1. The molecule has 1 aromatic carbocycles. The molecule has 1 atom stereocenters. The van der Waals surface area contributed by atoms with E-state index in [2.05, 4.69) is 39.9 Å². The van der Waals surface area contributed by atoms with Crippen molar-refractivity contribution in [1.29, 1.82) is 0 Å². The summed E-state index contributed by atoms with van der Waals surface area (Å²) in [5.74, 6) is 0.288. The SMILES string of the molecule is Cn1c2c(c3ccccc31)C(=O)C(Cc1[c-]nc[nH]1)CC2.[CH3-].[Y]. The number of H-pyrrole nitrogens is 1. The molecular weight excluding hydrogens is 363 g/mol. The molecule has 117 valence electrons. The maximum absolute atomic E-state index is 12.9. The molecule has 0 aliphatic heterocycles. The van der Waals surface area contributed by atoms with Gasteiger partial charge in [0, 0.05) is 67.8 Å². The van der Waals surface area contributed by atoms with E-state index in [1.807, 2.05) is 12.1 Å². The van der Waals surface area contributed by atoms with Gasteiger partial charge in [0.1, 0.15) is 0 Å². The number of aromatic nitrogens is 3. The minimum absolute atomic E-state index is 0. The normalized spacial score (nSPS) is 16.6. The molecule has 1 aliphatic rings. The molecule has 0 fully saturated rings. The van der Waals surface area contributed by atoms with Crippen molar-refractivity contribution in [2.24, 2.45) is 13.0 Å². The zero-order valence-corrected chi connectivity index (χ0v) is 16.3. The van der Waals surface area contributed by atoms with E-state index >= 15 is 0 Å². The van der Waals surface area contributed by atoms with Gasteiger partial charge in [-0.05, 0) is 25.3 Å². The Bertz CT molecular complexity index is 820. The fourth-order valence-corrected chi connectivity index (χ4v) is 3.46. The van der Waals surface area contributed by atoms with Crippen molar-refractivity contribution in [1.82, 2.24) is 14.5 Å². The maximum Gasteiger partial charge on any atom is 0.168 e. The molecule has 0 saturated carbocycles. The summed E-state index contributed by atoms with van der Waals surface area (Å²) in [7, 11) is 2.05. The summed E-state index contributed by atoms with van der Waals surface area (Å²) >= 11 is 0. The van der Waals surface area contributed by atoms with Crippen molar-refractivity contribution in [3.05, 3.63) is 61.2 Å². The molecular formula is C18H19N3OY-2. The summed E-state index contributed by atoms with van der Waals surface area (Å²) in [5, 5.41) is 1.08. The standard InChI is InChI=1S/C17H16N3O.CH3.Y/c1-20-14-5-3-2-4-13(14)16-15(20)7-6-11(17(16)21)8-12-9-18-10-19-12;;/h2-5,10-11H,6-8H2,1H3,(H,18,19);1H3;/q2*-1;. The van der Waals surface area contributed by atoms with E-state index < -0.39 is 0 Å². The first-order chi connectivity index (χ1) is 10.3. The Hall–Kier alpha value is -1.26. The van der Waals surface area contributed by atoms with Crippen molar-refractivity contribution in [2.45, 2.75) is 19.3 Å². The first kappa shape index (κ1) is 18.1. The Labute approximate surface area is 161 Å². The number of ketones is 1. The van der Waals surface area contributed by atoms with Gasteiger partial charge in [0.2, 0.25) is 0 Å². The van der Waals surface area contributed by atoms with Crippen molar-refractivity contribution in [3.8, 4) is 0 Å². The predicted octanol–water partition coefficient (Wildman–Crippen LogP) is 3.14. The number of nitrogens with one attached hydrogen (secondary N) is 1. The first-order valence-electron chi connectivity index (χ1n) is 7.26. The predicted molar refractivity (Wildman–Crippen MR) is 86.6 cm³/mol. The topological polar surface area (TPSA) is 50.7 Å². The van der Waals surface area contributed by atoms with E-state index in [9.17, 15) is 4.79 Å². The zero-order chi connectivity index (χ0) is 14.4. The van der Waals surface area contributed by atoms with Crippen LogP contribution in [0, 0.1) is 19.5 Å². The third-order valence-corrected chi connectivity index (χ3v) is 4.53. The largest absolute Gasteiger partial charge is 0.442 e. The minimum atomic E-state index is 0. The van der Waals surface area contributed by atoms with Gasteiger partial charge in [0.05, 0.1) is 0 Å². The van der Waals surface area contributed by atoms with Gasteiger partial charge < -0.3 is 22.0 Å². The van der Waals surface area contributed by atoms with Gasteiger partial charge in [-0.25, -0.2) is 0 Å². The minimum Gasteiger partial charge on any atom is -0.442 e. The molecule has 0 spiro atoms. The van der Waals surface area contributed by atoms with Crippen molar-refractivity contribution < 1.29 is 37.5 Å². The molecule has 3 aromatic rings. The smallest absolute Gasteiger partial charge is 0.168 e. The van der Waals surface area contributed by atoms with Crippen LogP contribution in [0.1, 0.15) is 28.2 Å². The van der Waals surface area contributed by atoms with Crippen LogP contribution >= 0.6 is 0 Å². The van der Waals surface area contributed by atoms with Crippen molar-refractivity contribution >= 4 is 16.7 Å². The number of hydrogen-bond acceptors (Lipinski definition) is 2. The van der Waals surface area contributed by atoms with Gasteiger partial charge in [-0.3, -0.25) is 4.79 Å². The number of fused-ring (bicyclic) bond motifs is 3. The molecule has 1 N–H and O–H groups in total. The van der Waals surface area contributed by atoms with E-state index in [1.54, 1.807) is 6.33 Å². The van der Waals surface area contributed by atoms with Gasteiger partial charge in [-0.2, -0.15) is 0 Å². The Morgan fingerprint density at radius 2 is 2.17 bits per heavy atom. The number of aromatic amines is 1. The molecule has 4 nitrogen and oxygen atoms in total. The van der Waals surface area contributed by atoms with E-state index in [0.29, 0.717) is 6.42 Å². The molecule has 4 rings (SSSR count). The zero-order valence-electron chi connectivity index (χ0n) is 13.5. The van der Waals surface area contributed by atoms with Crippen LogP contribution in [0.3, 0.4) is 0 Å². The molecule has 1 unspecified atom stereocenters. The van der Waals surface area contributed by atoms with Gasteiger partial charge in [0.15, 0.2) is 5.78 Å². The quantitative estimate of drug-likeness (QED) is 0.693. The van der Waals surface area contributed by atoms with E-state index in [-0.39, 0.29) is 51.8 Å². The average molecular weight is 382 g/mol. The molecule has 0 amide bonds. The summed E-state index contributed by atoms with van der Waals surface area (Å²) in [6.07, 6.45) is 7.06. The van der Waals surface area contributed by atoms with Crippen LogP contribution in [-0.4, -0.2) is 20.3 Å². The Morgan fingerprint density at radius 1 is 1.39 bits per heavy atom. The Kier molecular flexibility index (Phi) is 5.59. The van der Waals surface area contributed by atoms with Crippen LogP contribution in [-0.2, 0) is 52.6 Å². The number of Topliss-reactive ketones (excluding diaryl/α,β-unsaturated/α-hetero) is 1. The number of rotatable bonds is 2. The molecule has 5 heteroatoms. The second kappa shape index (κ2) is 7.10. The van der Waals surface area contributed by atoms with Gasteiger partial charge in [0.25, 0.3) is 0 Å². The summed E-state index contributed by atoms with van der Waals surface area (Å²) in [6, 6.07) is 8.16. The Balaban J connectivity index is 0.000000960. The Morgan fingerprint density at radius 3 is 2.91 bits per heavy atom. The number of para-hydroxylation sites is 1. The van der Waals surface area contributed by atoms with Crippen LogP contribution in [0.4, 0.5) is 0 Å². The molecule has 0 bridgehead atoms.